The number of hydrogen-bond donors (Lipinski definition) is 0. The standard InChI is InChI=1S/C21H27N3O5/c1-13-5-7-17(8-6-13)20-23-22-18(29-20)9-10-19(25)28-16(4)21(26)24-11-14(2)27-15(3)12-24/h5-8,14-16H,9-12H2,1-4H3. The normalized spacial score (nSPS) is 20.3. The lowest BCUT2D eigenvalue weighted by Crippen LogP contribution is -2.51. The first-order valence-electron chi connectivity index (χ1n) is 9.85. The Morgan fingerprint density at radius 3 is 2.48 bits per heavy atom. The van der Waals surface area contributed by atoms with Crippen LogP contribution >= 0.6 is 0 Å². The highest BCUT2D eigenvalue weighted by atomic mass is 16.5. The third-order valence-corrected chi connectivity index (χ3v) is 4.70. The molecule has 1 aliphatic rings. The Balaban J connectivity index is 1.48. The van der Waals surface area contributed by atoms with Crippen molar-refractivity contribution in [2.24, 2.45) is 0 Å². The molecule has 0 N–H and O–H groups in total. The molecule has 0 aliphatic carbocycles. The van der Waals surface area contributed by atoms with E-state index in [1.54, 1.807) is 11.8 Å². The first-order valence-corrected chi connectivity index (χ1v) is 9.85. The number of morpholine rings is 1. The molecule has 156 valence electrons. The molecule has 2 aromatic rings. The topological polar surface area (TPSA) is 94.8 Å². The number of aryl methyl sites for hydroxylation is 2. The number of hydrogen-bond acceptors (Lipinski definition) is 7. The molecule has 8 nitrogen and oxygen atoms in total. The fraction of sp³-hybridized carbons (Fsp3) is 0.524. The summed E-state index contributed by atoms with van der Waals surface area (Å²) in [5, 5.41) is 7.99. The summed E-state index contributed by atoms with van der Waals surface area (Å²) in [6.45, 7) is 8.42. The summed E-state index contributed by atoms with van der Waals surface area (Å²) in [5.41, 5.74) is 1.96. The van der Waals surface area contributed by atoms with Crippen molar-refractivity contribution < 1.29 is 23.5 Å². The maximum atomic E-state index is 12.5. The van der Waals surface area contributed by atoms with Gasteiger partial charge < -0.3 is 18.8 Å². The van der Waals surface area contributed by atoms with E-state index in [-0.39, 0.29) is 31.0 Å². The second kappa shape index (κ2) is 9.17. The Hall–Kier alpha value is -2.74. The van der Waals surface area contributed by atoms with Crippen LogP contribution in [0.4, 0.5) is 0 Å². The molecule has 2 heterocycles. The van der Waals surface area contributed by atoms with Crippen LogP contribution in [0.5, 0.6) is 0 Å². The molecule has 0 bridgehead atoms. The van der Waals surface area contributed by atoms with Crippen LogP contribution in [0.3, 0.4) is 0 Å². The van der Waals surface area contributed by atoms with E-state index < -0.39 is 12.1 Å². The lowest BCUT2D eigenvalue weighted by atomic mass is 10.1. The second-order valence-corrected chi connectivity index (χ2v) is 7.50. The van der Waals surface area contributed by atoms with Crippen molar-refractivity contribution in [2.45, 2.75) is 58.8 Å². The van der Waals surface area contributed by atoms with Gasteiger partial charge in [-0.25, -0.2) is 0 Å². The van der Waals surface area contributed by atoms with Crippen molar-refractivity contribution in [2.75, 3.05) is 13.1 Å². The molecule has 1 saturated heterocycles. The first kappa shape index (κ1) is 21.0. The number of carbonyl (C=O) groups is 2. The van der Waals surface area contributed by atoms with Crippen LogP contribution in [0.2, 0.25) is 0 Å². The Kier molecular flexibility index (Phi) is 6.64. The zero-order valence-electron chi connectivity index (χ0n) is 17.3. The molecule has 0 spiro atoms. The average molecular weight is 401 g/mol. The van der Waals surface area contributed by atoms with E-state index >= 15 is 0 Å². The number of nitrogens with zero attached hydrogens (tertiary/aromatic N) is 3. The number of esters is 1. The quantitative estimate of drug-likeness (QED) is 0.687. The lowest BCUT2D eigenvalue weighted by Gasteiger charge is -2.36. The molecule has 0 saturated carbocycles. The predicted octanol–water partition coefficient (Wildman–Crippen LogP) is 2.55. The van der Waals surface area contributed by atoms with Gasteiger partial charge in [-0.3, -0.25) is 9.59 Å². The minimum absolute atomic E-state index is 0.0362. The molecule has 1 aliphatic heterocycles. The molecular formula is C21H27N3O5. The monoisotopic (exact) mass is 401 g/mol. The van der Waals surface area contributed by atoms with E-state index in [4.69, 9.17) is 13.9 Å². The lowest BCUT2D eigenvalue weighted by molar-refractivity contribution is -0.164. The van der Waals surface area contributed by atoms with Crippen LogP contribution in [0.1, 0.15) is 38.6 Å². The summed E-state index contributed by atoms with van der Waals surface area (Å²) in [6, 6.07) is 7.74. The van der Waals surface area contributed by atoms with Crippen LogP contribution < -0.4 is 0 Å². The third kappa shape index (κ3) is 5.63. The van der Waals surface area contributed by atoms with E-state index in [1.807, 2.05) is 45.0 Å². The zero-order chi connectivity index (χ0) is 21.0. The fourth-order valence-electron chi connectivity index (χ4n) is 3.30. The SMILES string of the molecule is Cc1ccc(-c2nnc(CCC(=O)OC(C)C(=O)N3CC(C)OC(C)C3)o2)cc1. The number of carbonyl (C=O) groups excluding carboxylic acids is 2. The number of amides is 1. The maximum absolute atomic E-state index is 12.5. The predicted molar refractivity (Wildman–Crippen MR) is 105 cm³/mol. The van der Waals surface area contributed by atoms with Crippen molar-refractivity contribution in [3.05, 3.63) is 35.7 Å². The number of rotatable bonds is 6. The van der Waals surface area contributed by atoms with Crippen molar-refractivity contribution >= 4 is 11.9 Å². The van der Waals surface area contributed by atoms with Gasteiger partial charge in [0.1, 0.15) is 0 Å². The highest BCUT2D eigenvalue weighted by molar-refractivity contribution is 5.83. The van der Waals surface area contributed by atoms with Crippen molar-refractivity contribution in [3.63, 3.8) is 0 Å². The van der Waals surface area contributed by atoms with Gasteiger partial charge in [-0.05, 0) is 39.8 Å². The highest BCUT2D eigenvalue weighted by Gasteiger charge is 2.30. The van der Waals surface area contributed by atoms with Crippen LogP contribution in [-0.4, -0.2) is 58.4 Å². The van der Waals surface area contributed by atoms with Crippen LogP contribution in [0, 0.1) is 6.92 Å². The molecule has 3 atom stereocenters. The molecule has 3 rings (SSSR count). The van der Waals surface area contributed by atoms with Gasteiger partial charge in [0.2, 0.25) is 11.8 Å². The molecular weight excluding hydrogens is 374 g/mol. The fourth-order valence-corrected chi connectivity index (χ4v) is 3.30. The number of aromatic nitrogens is 2. The van der Waals surface area contributed by atoms with Crippen LogP contribution in [-0.2, 0) is 25.5 Å². The largest absolute Gasteiger partial charge is 0.453 e. The molecule has 29 heavy (non-hydrogen) atoms. The summed E-state index contributed by atoms with van der Waals surface area (Å²) in [7, 11) is 0. The Morgan fingerprint density at radius 1 is 1.17 bits per heavy atom. The summed E-state index contributed by atoms with van der Waals surface area (Å²) in [4.78, 5) is 26.4. The van der Waals surface area contributed by atoms with Gasteiger partial charge in [-0.2, -0.15) is 0 Å². The summed E-state index contributed by atoms with van der Waals surface area (Å²) in [5.74, 6) is 0.0786. The van der Waals surface area contributed by atoms with Gasteiger partial charge in [-0.1, -0.05) is 17.7 Å². The van der Waals surface area contributed by atoms with E-state index in [1.165, 1.54) is 0 Å². The minimum Gasteiger partial charge on any atom is -0.453 e. The Bertz CT molecular complexity index is 838. The van der Waals surface area contributed by atoms with Crippen LogP contribution in [0.25, 0.3) is 11.5 Å². The Labute approximate surface area is 170 Å². The van der Waals surface area contributed by atoms with E-state index in [0.717, 1.165) is 11.1 Å². The van der Waals surface area contributed by atoms with E-state index in [9.17, 15) is 9.59 Å². The zero-order valence-corrected chi connectivity index (χ0v) is 17.3. The molecule has 8 heteroatoms. The van der Waals surface area contributed by atoms with Crippen molar-refractivity contribution in [1.82, 2.24) is 15.1 Å². The molecule has 1 aromatic carbocycles. The number of benzene rings is 1. The van der Waals surface area contributed by atoms with E-state index in [0.29, 0.717) is 24.9 Å². The molecule has 1 aromatic heterocycles. The molecule has 3 unspecified atom stereocenters. The first-order chi connectivity index (χ1) is 13.8. The summed E-state index contributed by atoms with van der Waals surface area (Å²) in [6.07, 6.45) is -0.602. The third-order valence-electron chi connectivity index (χ3n) is 4.70. The van der Waals surface area contributed by atoms with Gasteiger partial charge in [-0.15, -0.1) is 10.2 Å². The van der Waals surface area contributed by atoms with E-state index in [2.05, 4.69) is 10.2 Å². The highest BCUT2D eigenvalue weighted by Crippen LogP contribution is 2.19. The average Bonchev–Trinajstić information content (AvgIpc) is 3.14. The van der Waals surface area contributed by atoms with Gasteiger partial charge >= 0.3 is 5.97 Å². The Morgan fingerprint density at radius 2 is 1.83 bits per heavy atom. The van der Waals surface area contributed by atoms with Crippen molar-refractivity contribution in [3.8, 4) is 11.5 Å². The second-order valence-electron chi connectivity index (χ2n) is 7.50. The van der Waals surface area contributed by atoms with Gasteiger partial charge in [0.25, 0.3) is 5.91 Å². The molecule has 1 amide bonds. The van der Waals surface area contributed by atoms with Gasteiger partial charge in [0, 0.05) is 25.1 Å². The van der Waals surface area contributed by atoms with Gasteiger partial charge in [0.15, 0.2) is 6.10 Å². The minimum atomic E-state index is -0.842. The summed E-state index contributed by atoms with van der Waals surface area (Å²) < 4.78 is 16.5. The smallest absolute Gasteiger partial charge is 0.307 e. The van der Waals surface area contributed by atoms with Gasteiger partial charge in [0.05, 0.1) is 18.6 Å². The summed E-state index contributed by atoms with van der Waals surface area (Å²) >= 11 is 0. The van der Waals surface area contributed by atoms with Crippen molar-refractivity contribution in [1.29, 1.82) is 0 Å². The number of ether oxygens (including phenoxy) is 2. The molecule has 0 radical (unpaired) electrons. The maximum Gasteiger partial charge on any atom is 0.307 e. The molecule has 1 fully saturated rings. The van der Waals surface area contributed by atoms with Crippen LogP contribution in [0.15, 0.2) is 28.7 Å².